The number of thioether (sulfide) groups is 1. The van der Waals surface area contributed by atoms with E-state index in [0.29, 0.717) is 0 Å². The Hall–Kier alpha value is -0.300. The van der Waals surface area contributed by atoms with E-state index in [1.807, 2.05) is 16.7 Å². The van der Waals surface area contributed by atoms with Crippen LogP contribution in [0.3, 0.4) is 0 Å². The van der Waals surface area contributed by atoms with Crippen molar-refractivity contribution in [3.63, 3.8) is 0 Å². The van der Waals surface area contributed by atoms with Crippen LogP contribution in [-0.4, -0.2) is 58.3 Å². The summed E-state index contributed by atoms with van der Waals surface area (Å²) in [5, 5.41) is 12.8. The molecule has 2 saturated heterocycles. The summed E-state index contributed by atoms with van der Waals surface area (Å²) in [6.45, 7) is 4.21. The summed E-state index contributed by atoms with van der Waals surface area (Å²) in [5.41, 5.74) is 5.76. The van der Waals surface area contributed by atoms with Gasteiger partial charge in [-0.3, -0.25) is 4.79 Å². The molecule has 0 aromatic rings. The van der Waals surface area contributed by atoms with Gasteiger partial charge in [0.05, 0.1) is 11.0 Å². The number of aliphatic hydroxyl groups excluding tert-OH is 1. The van der Waals surface area contributed by atoms with Crippen LogP contribution in [0, 0.1) is 0 Å². The highest BCUT2D eigenvalue weighted by molar-refractivity contribution is 8.00. The normalized spacial score (nSPS) is 27.1. The molecule has 4 N–H and O–H groups in total. The molecule has 0 aliphatic carbocycles. The SMILES string of the molecule is C[C@@H](O)[C@H](N)C(=O)N1CCSC12CCNCC2. The van der Waals surface area contributed by atoms with E-state index in [9.17, 15) is 9.90 Å². The first-order valence-electron chi connectivity index (χ1n) is 6.17. The minimum Gasteiger partial charge on any atom is -0.391 e. The summed E-state index contributed by atoms with van der Waals surface area (Å²) in [4.78, 5) is 14.1. The third-order valence-electron chi connectivity index (χ3n) is 3.63. The second kappa shape index (κ2) is 5.14. The number of nitrogens with two attached hydrogens (primary N) is 1. The Labute approximate surface area is 106 Å². The van der Waals surface area contributed by atoms with E-state index in [1.165, 1.54) is 0 Å². The number of nitrogens with one attached hydrogen (secondary N) is 1. The first-order chi connectivity index (χ1) is 8.07. The van der Waals surface area contributed by atoms with Gasteiger partial charge in [-0.2, -0.15) is 0 Å². The Kier molecular flexibility index (Phi) is 3.97. The van der Waals surface area contributed by atoms with Gasteiger partial charge in [-0.05, 0) is 32.9 Å². The van der Waals surface area contributed by atoms with Crippen molar-refractivity contribution >= 4 is 17.7 Å². The predicted octanol–water partition coefficient (Wildman–Crippen LogP) is -0.650. The standard InChI is InChI=1S/C11H21N3O2S/c1-8(15)9(12)10(16)14-6-7-17-11(14)2-4-13-5-3-11/h8-9,13,15H,2-7,12H2,1H3/t8-,9+/m1/s1. The molecular weight excluding hydrogens is 238 g/mol. The Balaban J connectivity index is 2.11. The van der Waals surface area contributed by atoms with E-state index in [0.717, 1.165) is 38.2 Å². The van der Waals surface area contributed by atoms with E-state index in [4.69, 9.17) is 5.73 Å². The largest absolute Gasteiger partial charge is 0.391 e. The molecule has 5 nitrogen and oxygen atoms in total. The summed E-state index contributed by atoms with van der Waals surface area (Å²) >= 11 is 1.86. The molecule has 0 unspecified atom stereocenters. The van der Waals surface area contributed by atoms with Crippen molar-refractivity contribution < 1.29 is 9.90 Å². The summed E-state index contributed by atoms with van der Waals surface area (Å²) in [6.07, 6.45) is 1.15. The molecule has 0 radical (unpaired) electrons. The quantitative estimate of drug-likeness (QED) is 0.614. The fraction of sp³-hybridized carbons (Fsp3) is 0.909. The molecule has 6 heteroatoms. The Bertz CT molecular complexity index is 292. The zero-order chi connectivity index (χ0) is 12.5. The van der Waals surface area contributed by atoms with E-state index in [2.05, 4.69) is 5.32 Å². The molecule has 2 fully saturated rings. The molecule has 17 heavy (non-hydrogen) atoms. The number of carbonyl (C=O) groups excluding carboxylic acids is 1. The molecule has 1 amide bonds. The van der Waals surface area contributed by atoms with Crippen LogP contribution < -0.4 is 11.1 Å². The van der Waals surface area contributed by atoms with Crippen LogP contribution >= 0.6 is 11.8 Å². The van der Waals surface area contributed by atoms with Crippen LogP contribution in [0.25, 0.3) is 0 Å². The molecular formula is C11H21N3O2S. The van der Waals surface area contributed by atoms with Crippen LogP contribution in [0.4, 0.5) is 0 Å². The van der Waals surface area contributed by atoms with Crippen LogP contribution in [0.5, 0.6) is 0 Å². The fourth-order valence-electron chi connectivity index (χ4n) is 2.54. The van der Waals surface area contributed by atoms with Crippen molar-refractivity contribution in [2.24, 2.45) is 5.73 Å². The maximum absolute atomic E-state index is 12.3. The van der Waals surface area contributed by atoms with Crippen molar-refractivity contribution in [1.82, 2.24) is 10.2 Å². The molecule has 2 aliphatic rings. The molecule has 2 atom stereocenters. The maximum Gasteiger partial charge on any atom is 0.243 e. The number of amides is 1. The van der Waals surface area contributed by atoms with Crippen molar-refractivity contribution in [2.45, 2.75) is 36.8 Å². The number of piperidine rings is 1. The number of carbonyl (C=O) groups is 1. The molecule has 1 spiro atoms. The third kappa shape index (κ3) is 2.45. The van der Waals surface area contributed by atoms with Gasteiger partial charge in [0, 0.05) is 12.3 Å². The van der Waals surface area contributed by atoms with Crippen molar-refractivity contribution in [2.75, 3.05) is 25.4 Å². The van der Waals surface area contributed by atoms with Gasteiger partial charge in [-0.25, -0.2) is 0 Å². The average molecular weight is 259 g/mol. The smallest absolute Gasteiger partial charge is 0.243 e. The van der Waals surface area contributed by atoms with Crippen LogP contribution in [0.2, 0.25) is 0 Å². The van der Waals surface area contributed by atoms with E-state index in [-0.39, 0.29) is 10.8 Å². The minimum absolute atomic E-state index is 0.0746. The summed E-state index contributed by atoms with van der Waals surface area (Å²) in [6, 6.07) is -0.791. The molecule has 2 heterocycles. The zero-order valence-corrected chi connectivity index (χ0v) is 11.0. The van der Waals surface area contributed by atoms with Crippen LogP contribution in [0.15, 0.2) is 0 Å². The highest BCUT2D eigenvalue weighted by atomic mass is 32.2. The molecule has 0 aromatic heterocycles. The monoisotopic (exact) mass is 259 g/mol. The predicted molar refractivity (Wildman–Crippen MR) is 68.7 cm³/mol. The van der Waals surface area contributed by atoms with Crippen LogP contribution in [0.1, 0.15) is 19.8 Å². The zero-order valence-electron chi connectivity index (χ0n) is 10.2. The minimum atomic E-state index is -0.791. The summed E-state index contributed by atoms with van der Waals surface area (Å²) in [5.74, 6) is 0.866. The average Bonchev–Trinajstić information content (AvgIpc) is 2.71. The van der Waals surface area contributed by atoms with Crippen molar-refractivity contribution in [1.29, 1.82) is 0 Å². The summed E-state index contributed by atoms with van der Waals surface area (Å²) < 4.78 is 0. The van der Waals surface area contributed by atoms with Gasteiger partial charge in [0.25, 0.3) is 0 Å². The van der Waals surface area contributed by atoms with Gasteiger partial charge < -0.3 is 21.1 Å². The molecule has 2 aliphatic heterocycles. The fourth-order valence-corrected chi connectivity index (χ4v) is 4.02. The Morgan fingerprint density at radius 3 is 2.76 bits per heavy atom. The number of hydrogen-bond donors (Lipinski definition) is 3. The molecule has 98 valence electrons. The van der Waals surface area contributed by atoms with Crippen LogP contribution in [-0.2, 0) is 4.79 Å². The number of rotatable bonds is 2. The van der Waals surface area contributed by atoms with Gasteiger partial charge in [0.1, 0.15) is 6.04 Å². The lowest BCUT2D eigenvalue weighted by molar-refractivity contribution is -0.138. The van der Waals surface area contributed by atoms with E-state index in [1.54, 1.807) is 6.92 Å². The Morgan fingerprint density at radius 2 is 2.18 bits per heavy atom. The lowest BCUT2D eigenvalue weighted by Crippen LogP contribution is -2.57. The molecule has 0 bridgehead atoms. The van der Waals surface area contributed by atoms with Gasteiger partial charge in [-0.15, -0.1) is 11.8 Å². The molecule has 0 aromatic carbocycles. The highest BCUT2D eigenvalue weighted by Crippen LogP contribution is 2.42. The van der Waals surface area contributed by atoms with Crippen molar-refractivity contribution in [3.05, 3.63) is 0 Å². The summed E-state index contributed by atoms with van der Waals surface area (Å²) in [7, 11) is 0. The second-order valence-corrected chi connectivity index (χ2v) is 6.26. The number of nitrogens with zero attached hydrogens (tertiary/aromatic N) is 1. The first kappa shape index (κ1) is 13.1. The maximum atomic E-state index is 12.3. The van der Waals surface area contributed by atoms with Crippen molar-refractivity contribution in [3.8, 4) is 0 Å². The van der Waals surface area contributed by atoms with E-state index < -0.39 is 12.1 Å². The highest BCUT2D eigenvalue weighted by Gasteiger charge is 2.46. The third-order valence-corrected chi connectivity index (χ3v) is 5.19. The topological polar surface area (TPSA) is 78.6 Å². The number of hydrogen-bond acceptors (Lipinski definition) is 5. The lowest BCUT2D eigenvalue weighted by atomic mass is 10.0. The second-order valence-electron chi connectivity index (χ2n) is 4.80. The molecule has 0 saturated carbocycles. The van der Waals surface area contributed by atoms with E-state index >= 15 is 0 Å². The Morgan fingerprint density at radius 1 is 1.53 bits per heavy atom. The van der Waals surface area contributed by atoms with Gasteiger partial charge in [0.2, 0.25) is 5.91 Å². The first-order valence-corrected chi connectivity index (χ1v) is 7.15. The van der Waals surface area contributed by atoms with Gasteiger partial charge >= 0.3 is 0 Å². The van der Waals surface area contributed by atoms with Gasteiger partial charge in [-0.1, -0.05) is 0 Å². The number of aliphatic hydroxyl groups is 1. The van der Waals surface area contributed by atoms with Gasteiger partial charge in [0.15, 0.2) is 0 Å². The lowest BCUT2D eigenvalue weighted by Gasteiger charge is -2.42. The molecule has 2 rings (SSSR count).